The SMILES string of the molecule is C=CCCNCC.CCOS(=O)(=O)O. The predicted octanol–water partition coefficient (Wildman–Crippen LogP) is 0.998. The second-order valence-corrected chi connectivity index (χ2v) is 3.36. The summed E-state index contributed by atoms with van der Waals surface area (Å²) in [7, 11) is -4.17. The maximum atomic E-state index is 9.56. The molecule has 0 aromatic carbocycles. The van der Waals surface area contributed by atoms with Crippen LogP contribution in [-0.2, 0) is 14.6 Å². The van der Waals surface area contributed by atoms with E-state index in [2.05, 4.69) is 23.0 Å². The minimum atomic E-state index is -4.17. The highest BCUT2D eigenvalue weighted by atomic mass is 32.3. The fourth-order valence-corrected chi connectivity index (χ4v) is 0.828. The summed E-state index contributed by atoms with van der Waals surface area (Å²) in [5.41, 5.74) is 0. The fraction of sp³-hybridized carbons (Fsp3) is 0.750. The maximum Gasteiger partial charge on any atom is 0.397 e. The minimum absolute atomic E-state index is 0.0289. The summed E-state index contributed by atoms with van der Waals surface area (Å²) in [6.07, 6.45) is 3.00. The normalized spacial score (nSPS) is 10.2. The molecule has 6 heteroatoms. The first kappa shape index (κ1) is 16.0. The van der Waals surface area contributed by atoms with Crippen molar-refractivity contribution in [2.75, 3.05) is 19.7 Å². The van der Waals surface area contributed by atoms with Crippen LogP contribution in [0.15, 0.2) is 12.7 Å². The molecule has 2 N–H and O–H groups in total. The van der Waals surface area contributed by atoms with Gasteiger partial charge in [-0.05, 0) is 26.4 Å². The fourth-order valence-electron chi connectivity index (χ4n) is 0.530. The third-order valence-electron chi connectivity index (χ3n) is 1.04. The van der Waals surface area contributed by atoms with Crippen LogP contribution in [0, 0.1) is 0 Å². The molecule has 86 valence electrons. The lowest BCUT2D eigenvalue weighted by Gasteiger charge is -1.92. The topological polar surface area (TPSA) is 75.6 Å². The molecular formula is C8H19NO4S. The van der Waals surface area contributed by atoms with E-state index in [1.54, 1.807) is 0 Å². The van der Waals surface area contributed by atoms with Gasteiger partial charge in [-0.3, -0.25) is 4.55 Å². The zero-order valence-electron chi connectivity index (χ0n) is 8.69. The Kier molecular flexibility index (Phi) is 12.2. The van der Waals surface area contributed by atoms with E-state index in [-0.39, 0.29) is 6.61 Å². The zero-order valence-corrected chi connectivity index (χ0v) is 9.51. The molecule has 0 atom stereocenters. The molecule has 0 fully saturated rings. The number of rotatable bonds is 6. The van der Waals surface area contributed by atoms with Gasteiger partial charge < -0.3 is 5.32 Å². The lowest BCUT2D eigenvalue weighted by Crippen LogP contribution is -2.12. The van der Waals surface area contributed by atoms with Gasteiger partial charge in [0, 0.05) is 0 Å². The average molecular weight is 225 g/mol. The summed E-state index contributed by atoms with van der Waals surface area (Å²) in [4.78, 5) is 0. The van der Waals surface area contributed by atoms with E-state index in [0.29, 0.717) is 0 Å². The molecule has 0 aromatic heterocycles. The van der Waals surface area contributed by atoms with E-state index < -0.39 is 10.4 Å². The van der Waals surface area contributed by atoms with E-state index in [1.807, 2.05) is 6.08 Å². The first-order valence-electron chi connectivity index (χ1n) is 4.41. The second kappa shape index (κ2) is 10.6. The second-order valence-electron chi connectivity index (χ2n) is 2.27. The molecule has 0 radical (unpaired) electrons. The van der Waals surface area contributed by atoms with Crippen LogP contribution in [0.3, 0.4) is 0 Å². The van der Waals surface area contributed by atoms with Crippen molar-refractivity contribution in [3.8, 4) is 0 Å². The molecule has 0 aliphatic carbocycles. The van der Waals surface area contributed by atoms with Crippen LogP contribution in [0.4, 0.5) is 0 Å². The Morgan fingerprint density at radius 2 is 2.07 bits per heavy atom. The van der Waals surface area contributed by atoms with Crippen molar-refractivity contribution in [1.29, 1.82) is 0 Å². The van der Waals surface area contributed by atoms with Gasteiger partial charge >= 0.3 is 10.4 Å². The maximum absolute atomic E-state index is 9.56. The van der Waals surface area contributed by atoms with E-state index in [1.165, 1.54) is 6.92 Å². The standard InChI is InChI=1S/C6H13N.C2H6O4S/c1-3-5-6-7-4-2;1-2-6-7(3,4)5/h3,7H,1,4-6H2,2H3;2H2,1H3,(H,3,4,5). The quantitative estimate of drug-likeness (QED) is 0.400. The van der Waals surface area contributed by atoms with Crippen molar-refractivity contribution < 1.29 is 17.2 Å². The molecule has 0 bridgehead atoms. The lowest BCUT2D eigenvalue weighted by atomic mass is 10.4. The van der Waals surface area contributed by atoms with Crippen molar-refractivity contribution in [2.24, 2.45) is 0 Å². The van der Waals surface area contributed by atoms with E-state index >= 15 is 0 Å². The van der Waals surface area contributed by atoms with Crippen LogP contribution in [-0.4, -0.2) is 32.7 Å². The largest absolute Gasteiger partial charge is 0.397 e. The number of nitrogens with one attached hydrogen (secondary N) is 1. The average Bonchev–Trinajstić information content (AvgIpc) is 2.04. The summed E-state index contributed by atoms with van der Waals surface area (Å²) in [6, 6.07) is 0. The molecule has 0 aliphatic rings. The van der Waals surface area contributed by atoms with Gasteiger partial charge in [-0.15, -0.1) is 6.58 Å². The van der Waals surface area contributed by atoms with Gasteiger partial charge in [0.1, 0.15) is 0 Å². The highest BCUT2D eigenvalue weighted by molar-refractivity contribution is 7.80. The minimum Gasteiger partial charge on any atom is -0.317 e. The molecule has 0 aromatic rings. The van der Waals surface area contributed by atoms with Crippen LogP contribution in [0.25, 0.3) is 0 Å². The predicted molar refractivity (Wildman–Crippen MR) is 56.5 cm³/mol. The van der Waals surface area contributed by atoms with Gasteiger partial charge in [-0.25, -0.2) is 4.18 Å². The van der Waals surface area contributed by atoms with Crippen molar-refractivity contribution >= 4 is 10.4 Å². The molecule has 0 amide bonds. The summed E-state index contributed by atoms with van der Waals surface area (Å²) in [5, 5.41) is 3.18. The van der Waals surface area contributed by atoms with Crippen molar-refractivity contribution in [3.05, 3.63) is 12.7 Å². The summed E-state index contributed by atoms with van der Waals surface area (Å²) >= 11 is 0. The van der Waals surface area contributed by atoms with Gasteiger partial charge in [-0.1, -0.05) is 13.0 Å². The molecule has 0 unspecified atom stereocenters. The Morgan fingerprint density at radius 3 is 2.29 bits per heavy atom. The van der Waals surface area contributed by atoms with Gasteiger partial charge in [0.25, 0.3) is 0 Å². The molecule has 0 spiro atoms. The van der Waals surface area contributed by atoms with E-state index in [9.17, 15) is 8.42 Å². The summed E-state index contributed by atoms with van der Waals surface area (Å²) < 4.78 is 30.7. The third-order valence-corrected chi connectivity index (χ3v) is 1.58. The third kappa shape index (κ3) is 22.6. The first-order chi connectivity index (χ1) is 6.47. The van der Waals surface area contributed by atoms with Crippen LogP contribution < -0.4 is 5.32 Å². The molecule has 0 heterocycles. The van der Waals surface area contributed by atoms with Gasteiger partial charge in [0.15, 0.2) is 0 Å². The highest BCUT2D eigenvalue weighted by Gasteiger charge is 1.98. The van der Waals surface area contributed by atoms with Gasteiger partial charge in [0.05, 0.1) is 6.61 Å². The van der Waals surface area contributed by atoms with Gasteiger partial charge in [0.2, 0.25) is 0 Å². The van der Waals surface area contributed by atoms with Crippen molar-refractivity contribution in [3.63, 3.8) is 0 Å². The monoisotopic (exact) mass is 225 g/mol. The smallest absolute Gasteiger partial charge is 0.317 e. The molecule has 14 heavy (non-hydrogen) atoms. The Hall–Kier alpha value is -0.430. The Balaban J connectivity index is 0. The van der Waals surface area contributed by atoms with Crippen molar-refractivity contribution in [2.45, 2.75) is 20.3 Å². The molecular weight excluding hydrogens is 206 g/mol. The first-order valence-corrected chi connectivity index (χ1v) is 5.77. The summed E-state index contributed by atoms with van der Waals surface area (Å²) in [6.45, 7) is 9.26. The van der Waals surface area contributed by atoms with E-state index in [0.717, 1.165) is 19.5 Å². The van der Waals surface area contributed by atoms with Crippen LogP contribution in [0.1, 0.15) is 20.3 Å². The highest BCUT2D eigenvalue weighted by Crippen LogP contribution is 1.81. The number of hydrogen-bond acceptors (Lipinski definition) is 4. The lowest BCUT2D eigenvalue weighted by molar-refractivity contribution is 0.283. The Morgan fingerprint density at radius 1 is 1.50 bits per heavy atom. The van der Waals surface area contributed by atoms with Crippen LogP contribution in [0.5, 0.6) is 0 Å². The number of hydrogen-bond donors (Lipinski definition) is 2. The van der Waals surface area contributed by atoms with Crippen LogP contribution >= 0.6 is 0 Å². The molecule has 0 rings (SSSR count). The van der Waals surface area contributed by atoms with Crippen LogP contribution in [0.2, 0.25) is 0 Å². The zero-order chi connectivity index (χ0) is 11.4. The molecule has 5 nitrogen and oxygen atoms in total. The molecule has 0 saturated heterocycles. The van der Waals surface area contributed by atoms with E-state index in [4.69, 9.17) is 4.55 Å². The molecule has 0 saturated carbocycles. The van der Waals surface area contributed by atoms with Gasteiger partial charge in [-0.2, -0.15) is 8.42 Å². The Labute approximate surface area is 86.1 Å². The Bertz CT molecular complexity index is 213. The molecule has 0 aliphatic heterocycles. The van der Waals surface area contributed by atoms with Crippen molar-refractivity contribution in [1.82, 2.24) is 5.32 Å². The summed E-state index contributed by atoms with van der Waals surface area (Å²) in [5.74, 6) is 0.